The number of rotatable bonds is 3. The van der Waals surface area contributed by atoms with Gasteiger partial charge in [0, 0.05) is 5.56 Å². The highest BCUT2D eigenvalue weighted by Crippen LogP contribution is 2.35. The Morgan fingerprint density at radius 2 is 1.92 bits per heavy atom. The quantitative estimate of drug-likeness (QED) is 0.880. The maximum Gasteiger partial charge on any atom is 0.325 e. The van der Waals surface area contributed by atoms with E-state index in [0.29, 0.717) is 17.3 Å². The van der Waals surface area contributed by atoms with Crippen LogP contribution >= 0.6 is 0 Å². The number of urea groups is 1. The zero-order valence-electron chi connectivity index (χ0n) is 13.5. The standard InChI is InChI=1S/C18H19N3O3/c1-12-14(19-15(24-12)13-7-3-2-4-8-13)11-21-16(22)18(20-17(21)23)9-5-6-10-18/h2-4,7-8H,5-6,9-11H2,1H3,(H,20,23). The zero-order valence-corrected chi connectivity index (χ0v) is 13.5. The first-order chi connectivity index (χ1) is 11.6. The Bertz CT molecular complexity index is 791. The molecule has 24 heavy (non-hydrogen) atoms. The van der Waals surface area contributed by atoms with Crippen molar-refractivity contribution in [2.45, 2.75) is 44.7 Å². The van der Waals surface area contributed by atoms with Crippen LogP contribution in [-0.2, 0) is 11.3 Å². The molecule has 1 N–H and O–H groups in total. The molecule has 124 valence electrons. The average Bonchev–Trinajstić information content (AvgIpc) is 3.25. The molecule has 2 heterocycles. The predicted octanol–water partition coefficient (Wildman–Crippen LogP) is 3.01. The normalized spacial score (nSPS) is 19.3. The van der Waals surface area contributed by atoms with E-state index in [1.807, 2.05) is 30.3 Å². The molecule has 2 aromatic rings. The summed E-state index contributed by atoms with van der Waals surface area (Å²) in [7, 11) is 0. The first-order valence-electron chi connectivity index (χ1n) is 8.25. The lowest BCUT2D eigenvalue weighted by atomic mass is 9.98. The van der Waals surface area contributed by atoms with Gasteiger partial charge in [-0.2, -0.15) is 0 Å². The van der Waals surface area contributed by atoms with Crippen LogP contribution in [0.25, 0.3) is 11.5 Å². The third kappa shape index (κ3) is 2.29. The first kappa shape index (κ1) is 14.9. The number of nitrogens with one attached hydrogen (secondary N) is 1. The van der Waals surface area contributed by atoms with Crippen molar-refractivity contribution in [3.05, 3.63) is 41.8 Å². The van der Waals surface area contributed by atoms with E-state index in [4.69, 9.17) is 4.42 Å². The summed E-state index contributed by atoms with van der Waals surface area (Å²) in [5, 5.41) is 2.89. The summed E-state index contributed by atoms with van der Waals surface area (Å²) in [6, 6.07) is 9.25. The highest BCUT2D eigenvalue weighted by Gasteiger charge is 2.52. The second-order valence-corrected chi connectivity index (χ2v) is 6.50. The molecule has 1 saturated carbocycles. The van der Waals surface area contributed by atoms with Gasteiger partial charge in [0.2, 0.25) is 5.89 Å². The molecule has 0 radical (unpaired) electrons. The lowest BCUT2D eigenvalue weighted by molar-refractivity contribution is -0.131. The zero-order chi connectivity index (χ0) is 16.7. The Kier molecular flexibility index (Phi) is 3.40. The van der Waals surface area contributed by atoms with Gasteiger partial charge in [0.1, 0.15) is 17.0 Å². The van der Waals surface area contributed by atoms with Gasteiger partial charge in [-0.15, -0.1) is 0 Å². The van der Waals surface area contributed by atoms with Crippen molar-refractivity contribution >= 4 is 11.9 Å². The smallest absolute Gasteiger partial charge is 0.325 e. The van der Waals surface area contributed by atoms with Crippen LogP contribution in [0.5, 0.6) is 0 Å². The van der Waals surface area contributed by atoms with Crippen LogP contribution in [0.2, 0.25) is 0 Å². The molecule has 1 spiro atoms. The van der Waals surface area contributed by atoms with E-state index >= 15 is 0 Å². The van der Waals surface area contributed by atoms with Gasteiger partial charge in [-0.25, -0.2) is 9.78 Å². The Balaban J connectivity index is 1.59. The maximum absolute atomic E-state index is 12.7. The summed E-state index contributed by atoms with van der Waals surface area (Å²) >= 11 is 0. The molecule has 3 amide bonds. The molecule has 0 atom stereocenters. The van der Waals surface area contributed by atoms with Gasteiger partial charge < -0.3 is 9.73 Å². The summed E-state index contributed by atoms with van der Waals surface area (Å²) < 4.78 is 5.72. The molecule has 0 bridgehead atoms. The van der Waals surface area contributed by atoms with Crippen LogP contribution < -0.4 is 5.32 Å². The molecule has 1 aliphatic heterocycles. The Morgan fingerprint density at radius 3 is 2.62 bits per heavy atom. The molecular weight excluding hydrogens is 306 g/mol. The number of aryl methyl sites for hydroxylation is 1. The van der Waals surface area contributed by atoms with Gasteiger partial charge in [0.15, 0.2) is 0 Å². The number of amides is 3. The van der Waals surface area contributed by atoms with Gasteiger partial charge in [-0.3, -0.25) is 9.69 Å². The van der Waals surface area contributed by atoms with E-state index < -0.39 is 5.54 Å². The van der Waals surface area contributed by atoms with Crippen LogP contribution in [0, 0.1) is 6.92 Å². The van der Waals surface area contributed by atoms with Crippen LogP contribution in [0.1, 0.15) is 37.1 Å². The van der Waals surface area contributed by atoms with Crippen molar-refractivity contribution in [2.75, 3.05) is 0 Å². The molecule has 1 saturated heterocycles. The van der Waals surface area contributed by atoms with Crippen molar-refractivity contribution in [1.29, 1.82) is 0 Å². The van der Waals surface area contributed by atoms with E-state index in [9.17, 15) is 9.59 Å². The number of hydrogen-bond acceptors (Lipinski definition) is 4. The number of carbonyl (C=O) groups excluding carboxylic acids is 2. The second kappa shape index (κ2) is 5.47. The van der Waals surface area contributed by atoms with Crippen molar-refractivity contribution in [1.82, 2.24) is 15.2 Å². The lowest BCUT2D eigenvalue weighted by Gasteiger charge is -2.19. The monoisotopic (exact) mass is 325 g/mol. The first-order valence-corrected chi connectivity index (χ1v) is 8.25. The number of imide groups is 1. The van der Waals surface area contributed by atoms with Gasteiger partial charge in [-0.1, -0.05) is 31.0 Å². The molecule has 1 aromatic heterocycles. The minimum atomic E-state index is -0.684. The number of nitrogens with zero attached hydrogens (tertiary/aromatic N) is 2. The fourth-order valence-corrected chi connectivity index (χ4v) is 3.57. The lowest BCUT2D eigenvalue weighted by Crippen LogP contribution is -2.44. The minimum Gasteiger partial charge on any atom is -0.441 e. The predicted molar refractivity (Wildman–Crippen MR) is 87.0 cm³/mol. The second-order valence-electron chi connectivity index (χ2n) is 6.50. The SMILES string of the molecule is Cc1oc(-c2ccccc2)nc1CN1C(=O)NC2(CCCC2)C1=O. The molecule has 2 fully saturated rings. The summed E-state index contributed by atoms with van der Waals surface area (Å²) in [5.41, 5.74) is 0.806. The molecule has 0 unspecified atom stereocenters. The van der Waals surface area contributed by atoms with Gasteiger partial charge in [-0.05, 0) is 31.9 Å². The van der Waals surface area contributed by atoms with Crippen molar-refractivity contribution < 1.29 is 14.0 Å². The molecule has 6 nitrogen and oxygen atoms in total. The molecular formula is C18H19N3O3. The number of hydrogen-bond donors (Lipinski definition) is 1. The van der Waals surface area contributed by atoms with E-state index in [0.717, 1.165) is 31.2 Å². The Hall–Kier alpha value is -2.63. The fraction of sp³-hybridized carbons (Fsp3) is 0.389. The maximum atomic E-state index is 12.7. The van der Waals surface area contributed by atoms with Crippen molar-refractivity contribution in [3.8, 4) is 11.5 Å². The summed E-state index contributed by atoms with van der Waals surface area (Å²) in [4.78, 5) is 30.7. The van der Waals surface area contributed by atoms with Gasteiger partial charge >= 0.3 is 6.03 Å². The number of aromatic nitrogens is 1. The minimum absolute atomic E-state index is 0.131. The molecule has 2 aliphatic rings. The van der Waals surface area contributed by atoms with Crippen LogP contribution in [-0.4, -0.2) is 27.4 Å². The van der Waals surface area contributed by atoms with Crippen LogP contribution in [0.3, 0.4) is 0 Å². The number of oxazole rings is 1. The van der Waals surface area contributed by atoms with Crippen molar-refractivity contribution in [2.24, 2.45) is 0 Å². The van der Waals surface area contributed by atoms with Crippen LogP contribution in [0.4, 0.5) is 4.79 Å². The highest BCUT2D eigenvalue weighted by atomic mass is 16.4. The van der Waals surface area contributed by atoms with E-state index in [-0.39, 0.29) is 18.5 Å². The Labute approximate surface area is 139 Å². The number of benzene rings is 1. The summed E-state index contributed by atoms with van der Waals surface area (Å²) in [6.45, 7) is 1.95. The third-order valence-electron chi connectivity index (χ3n) is 4.92. The topological polar surface area (TPSA) is 75.4 Å². The third-order valence-corrected chi connectivity index (χ3v) is 4.92. The largest absolute Gasteiger partial charge is 0.441 e. The molecule has 1 aromatic carbocycles. The van der Waals surface area contributed by atoms with E-state index in [1.165, 1.54) is 4.90 Å². The van der Waals surface area contributed by atoms with Crippen LogP contribution in [0.15, 0.2) is 34.7 Å². The highest BCUT2D eigenvalue weighted by molar-refractivity contribution is 6.07. The van der Waals surface area contributed by atoms with Gasteiger partial charge in [0.05, 0.1) is 6.54 Å². The molecule has 6 heteroatoms. The van der Waals surface area contributed by atoms with Gasteiger partial charge in [0.25, 0.3) is 5.91 Å². The van der Waals surface area contributed by atoms with E-state index in [2.05, 4.69) is 10.3 Å². The molecule has 1 aliphatic carbocycles. The fourth-order valence-electron chi connectivity index (χ4n) is 3.57. The number of carbonyl (C=O) groups is 2. The van der Waals surface area contributed by atoms with E-state index in [1.54, 1.807) is 6.92 Å². The summed E-state index contributed by atoms with van der Waals surface area (Å²) in [5.74, 6) is 1.00. The van der Waals surface area contributed by atoms with Crippen molar-refractivity contribution in [3.63, 3.8) is 0 Å². The molecule has 4 rings (SSSR count). The average molecular weight is 325 g/mol. The Morgan fingerprint density at radius 1 is 1.21 bits per heavy atom. The summed E-state index contributed by atoms with van der Waals surface area (Å²) in [6.07, 6.45) is 3.39.